The Morgan fingerprint density at radius 3 is 2.02 bits per heavy atom. The molecule has 1 saturated carbocycles. The summed E-state index contributed by atoms with van der Waals surface area (Å²) in [5, 5.41) is 2.47. The first kappa shape index (κ1) is 41.9. The van der Waals surface area contributed by atoms with E-state index in [0.29, 0.717) is 60.1 Å². The molecule has 13 nitrogen and oxygen atoms in total. The summed E-state index contributed by atoms with van der Waals surface area (Å²) in [7, 11) is -2.08. The van der Waals surface area contributed by atoms with Crippen molar-refractivity contribution in [1.29, 1.82) is 0 Å². The number of benzene rings is 3. The predicted octanol–water partition coefficient (Wildman–Crippen LogP) is 5.31. The van der Waals surface area contributed by atoms with Gasteiger partial charge in [0.2, 0.25) is 11.8 Å². The molecule has 4 aliphatic heterocycles. The van der Waals surface area contributed by atoms with Gasteiger partial charge in [0.1, 0.15) is 9.84 Å². The number of nitrogens with one attached hydrogen (secondary N) is 1. The highest BCUT2D eigenvalue weighted by molar-refractivity contribution is 7.90. The van der Waals surface area contributed by atoms with Crippen LogP contribution in [0.3, 0.4) is 0 Å². The van der Waals surface area contributed by atoms with Gasteiger partial charge in [0.15, 0.2) is 11.5 Å². The van der Waals surface area contributed by atoms with Crippen molar-refractivity contribution in [2.75, 3.05) is 69.9 Å². The summed E-state index contributed by atoms with van der Waals surface area (Å²) in [5.41, 5.74) is 4.27. The van der Waals surface area contributed by atoms with E-state index in [1.54, 1.807) is 30.3 Å². The number of rotatable bonds is 12. The Morgan fingerprint density at radius 2 is 1.37 bits per heavy atom. The van der Waals surface area contributed by atoms with Crippen LogP contribution in [0.15, 0.2) is 60.7 Å². The number of carbonyl (C=O) groups is 4. The lowest BCUT2D eigenvalue weighted by Gasteiger charge is -2.46. The number of fused-ring (bicyclic) bond motifs is 1. The highest BCUT2D eigenvalue weighted by Gasteiger charge is 2.43. The molecule has 0 spiro atoms. The van der Waals surface area contributed by atoms with E-state index in [1.165, 1.54) is 38.4 Å². The third-order valence-corrected chi connectivity index (χ3v) is 14.4. The topological polar surface area (TPSA) is 146 Å². The molecule has 1 aliphatic carbocycles. The SMILES string of the molecule is CCOc1cc([C@@H](CS(C)(=O)=O)N2C(=O)c3ccc(N4CCN(C5CCN(C6CCC(c7ccc(C8CCC(=O)NC8=O)cc7)CC6)CC5)CC4)cc3C2=O)ccc1OC. The van der Waals surface area contributed by atoms with Crippen molar-refractivity contribution in [3.05, 3.63) is 88.5 Å². The first-order valence-corrected chi connectivity index (χ1v) is 23.6. The van der Waals surface area contributed by atoms with Crippen molar-refractivity contribution in [1.82, 2.24) is 20.0 Å². The summed E-state index contributed by atoms with van der Waals surface area (Å²) in [6, 6.07) is 19.1. The maximum Gasteiger partial charge on any atom is 0.262 e. The van der Waals surface area contributed by atoms with Gasteiger partial charge in [0, 0.05) is 56.6 Å². The standard InChI is InChI=1S/C46H57N5O8S/c1-4-59-42-27-33(11-17-41(42)58-2)40(29-60(3,56)57)51-45(54)38-15-14-36(28-39(38)46(51)55)50-25-23-49(24-26-50)35-19-21-48(22-20-35)34-12-9-31(10-13-34)30-5-7-32(8-6-30)37-16-18-43(52)47-44(37)53/h5-8,11,14-15,17,27-28,31,34-35,37,40H,4,9-10,12-13,16,18-26,29H2,1-3H3,(H,47,52,53)/t31?,34?,37?,40-/m1/s1. The summed E-state index contributed by atoms with van der Waals surface area (Å²) in [6.07, 6.45) is 9.13. The zero-order valence-electron chi connectivity index (χ0n) is 34.9. The molecule has 60 heavy (non-hydrogen) atoms. The minimum atomic E-state index is -3.60. The molecule has 0 aromatic heterocycles. The lowest BCUT2D eigenvalue weighted by atomic mass is 9.80. The lowest BCUT2D eigenvalue weighted by molar-refractivity contribution is -0.134. The van der Waals surface area contributed by atoms with Crippen LogP contribution >= 0.6 is 0 Å². The zero-order chi connectivity index (χ0) is 42.1. The maximum atomic E-state index is 14.0. The van der Waals surface area contributed by atoms with Gasteiger partial charge >= 0.3 is 0 Å². The Bertz CT molecular complexity index is 2210. The molecule has 0 radical (unpaired) electrons. The number of carbonyl (C=O) groups excluding carboxylic acids is 4. The normalized spacial score (nSPS) is 24.0. The van der Waals surface area contributed by atoms with Crippen LogP contribution in [0, 0.1) is 0 Å². The number of piperazine rings is 1. The molecule has 8 rings (SSSR count). The highest BCUT2D eigenvalue weighted by atomic mass is 32.2. The van der Waals surface area contributed by atoms with Crippen LogP contribution < -0.4 is 19.7 Å². The first-order valence-electron chi connectivity index (χ1n) is 21.6. The summed E-state index contributed by atoms with van der Waals surface area (Å²) in [4.78, 5) is 60.5. The molecular weight excluding hydrogens is 783 g/mol. The Hall–Kier alpha value is -4.79. The van der Waals surface area contributed by atoms with Crippen molar-refractivity contribution in [2.45, 2.75) is 88.3 Å². The molecule has 5 aliphatic rings. The van der Waals surface area contributed by atoms with E-state index in [4.69, 9.17) is 9.47 Å². The van der Waals surface area contributed by atoms with Crippen molar-refractivity contribution in [3.63, 3.8) is 0 Å². The van der Waals surface area contributed by atoms with Gasteiger partial charge in [0.05, 0.1) is 42.6 Å². The molecule has 3 aromatic rings. The molecule has 4 heterocycles. The lowest BCUT2D eigenvalue weighted by Crippen LogP contribution is -2.54. The molecular formula is C46H57N5O8S. The fourth-order valence-electron chi connectivity index (χ4n) is 10.3. The summed E-state index contributed by atoms with van der Waals surface area (Å²) in [6.45, 7) is 7.88. The van der Waals surface area contributed by atoms with Gasteiger partial charge in [-0.3, -0.25) is 34.3 Å². The van der Waals surface area contributed by atoms with E-state index in [2.05, 4.69) is 44.3 Å². The molecule has 320 valence electrons. The number of methoxy groups -OCH3 is 1. The van der Waals surface area contributed by atoms with Gasteiger partial charge in [-0.15, -0.1) is 0 Å². The third kappa shape index (κ3) is 8.82. The molecule has 1 N–H and O–H groups in total. The number of likely N-dealkylation sites (tertiary alicyclic amines) is 1. The van der Waals surface area contributed by atoms with Gasteiger partial charge in [-0.1, -0.05) is 30.3 Å². The monoisotopic (exact) mass is 839 g/mol. The van der Waals surface area contributed by atoms with E-state index in [0.717, 1.165) is 74.5 Å². The minimum absolute atomic E-state index is 0.180. The number of hydrogen-bond donors (Lipinski definition) is 1. The molecule has 4 fully saturated rings. The quantitative estimate of drug-likeness (QED) is 0.237. The zero-order valence-corrected chi connectivity index (χ0v) is 35.8. The number of piperidine rings is 2. The largest absolute Gasteiger partial charge is 0.493 e. The van der Waals surface area contributed by atoms with Crippen molar-refractivity contribution in [3.8, 4) is 11.5 Å². The van der Waals surface area contributed by atoms with Gasteiger partial charge in [-0.05, 0) is 118 Å². The van der Waals surface area contributed by atoms with E-state index in [9.17, 15) is 27.6 Å². The minimum Gasteiger partial charge on any atom is -0.493 e. The van der Waals surface area contributed by atoms with E-state index in [-0.39, 0.29) is 23.3 Å². The van der Waals surface area contributed by atoms with Crippen LogP contribution in [0.4, 0.5) is 5.69 Å². The van der Waals surface area contributed by atoms with Crippen molar-refractivity contribution < 1.29 is 37.1 Å². The van der Waals surface area contributed by atoms with E-state index < -0.39 is 33.4 Å². The summed E-state index contributed by atoms with van der Waals surface area (Å²) < 4.78 is 36.5. The van der Waals surface area contributed by atoms with Crippen LogP contribution in [0.5, 0.6) is 11.5 Å². The Morgan fingerprint density at radius 1 is 0.717 bits per heavy atom. The van der Waals surface area contributed by atoms with E-state index in [1.807, 2.05) is 13.0 Å². The Balaban J connectivity index is 0.831. The number of sulfone groups is 1. The van der Waals surface area contributed by atoms with Crippen LogP contribution in [0.25, 0.3) is 0 Å². The average molecular weight is 840 g/mol. The van der Waals surface area contributed by atoms with Gasteiger partial charge < -0.3 is 19.3 Å². The molecule has 1 unspecified atom stereocenters. The highest BCUT2D eigenvalue weighted by Crippen LogP contribution is 2.39. The van der Waals surface area contributed by atoms with Crippen LogP contribution in [-0.4, -0.2) is 124 Å². The number of hydrogen-bond acceptors (Lipinski definition) is 11. The molecule has 3 saturated heterocycles. The van der Waals surface area contributed by atoms with Crippen LogP contribution in [0.2, 0.25) is 0 Å². The number of imide groups is 2. The molecule has 0 bridgehead atoms. The number of amides is 4. The second-order valence-electron chi connectivity index (χ2n) is 17.1. The Kier molecular flexibility index (Phi) is 12.3. The van der Waals surface area contributed by atoms with Crippen molar-refractivity contribution >= 4 is 39.2 Å². The maximum absolute atomic E-state index is 14.0. The number of anilines is 1. The predicted molar refractivity (Wildman–Crippen MR) is 229 cm³/mol. The number of nitrogens with zero attached hydrogens (tertiary/aromatic N) is 4. The third-order valence-electron chi connectivity index (χ3n) is 13.5. The fourth-order valence-corrected chi connectivity index (χ4v) is 11.2. The van der Waals surface area contributed by atoms with Crippen LogP contribution in [-0.2, 0) is 19.4 Å². The van der Waals surface area contributed by atoms with Crippen LogP contribution in [0.1, 0.15) is 114 Å². The van der Waals surface area contributed by atoms with Gasteiger partial charge in [-0.2, -0.15) is 0 Å². The average Bonchev–Trinajstić information content (AvgIpc) is 3.50. The summed E-state index contributed by atoms with van der Waals surface area (Å²) >= 11 is 0. The van der Waals surface area contributed by atoms with E-state index >= 15 is 0 Å². The van der Waals surface area contributed by atoms with Crippen molar-refractivity contribution in [2.24, 2.45) is 0 Å². The second-order valence-corrected chi connectivity index (χ2v) is 19.3. The summed E-state index contributed by atoms with van der Waals surface area (Å²) in [5.74, 6) is -0.609. The smallest absolute Gasteiger partial charge is 0.262 e. The molecule has 3 aromatic carbocycles. The molecule has 14 heteroatoms. The second kappa shape index (κ2) is 17.7. The fraction of sp³-hybridized carbons (Fsp3) is 0.522. The molecule has 2 atom stereocenters. The molecule has 4 amide bonds. The first-order chi connectivity index (χ1) is 28.9. The van der Waals surface area contributed by atoms with Gasteiger partial charge in [-0.25, -0.2) is 8.42 Å². The van der Waals surface area contributed by atoms with Gasteiger partial charge in [0.25, 0.3) is 11.8 Å². The number of ether oxygens (including phenoxy) is 2. The Labute approximate surface area is 353 Å².